The molecule has 24 heavy (non-hydrogen) atoms. The van der Waals surface area contributed by atoms with Crippen LogP contribution in [0.1, 0.15) is 11.1 Å². The van der Waals surface area contributed by atoms with E-state index in [4.69, 9.17) is 4.52 Å². The molecule has 1 aromatic heterocycles. The summed E-state index contributed by atoms with van der Waals surface area (Å²) in [6.07, 6.45) is 0. The van der Waals surface area contributed by atoms with Crippen molar-refractivity contribution in [3.63, 3.8) is 0 Å². The summed E-state index contributed by atoms with van der Waals surface area (Å²) in [4.78, 5) is 0. The number of hydrogen-bond acceptors (Lipinski definition) is 3. The van der Waals surface area contributed by atoms with Crippen LogP contribution in [0.2, 0.25) is 0 Å². The average Bonchev–Trinajstić information content (AvgIpc) is 3.05. The van der Waals surface area contributed by atoms with Gasteiger partial charge in [0.05, 0.1) is 12.2 Å². The highest BCUT2D eigenvalue weighted by atomic mass is 16.5. The Balaban J connectivity index is 1.86. The molecule has 4 rings (SSSR count). The minimum absolute atomic E-state index is 0.116. The second-order valence-electron chi connectivity index (χ2n) is 5.93. The Labute approximate surface area is 140 Å². The molecule has 1 N–H and O–H groups in total. The standard InChI is InChI=1S/C21H17NO2/c1-14-5-4-8-18(11-14)21-19(13-23)20(22-24-21)17-10-9-15-6-2-3-7-16(15)12-17/h2-12,23H,13H2,1H3. The van der Waals surface area contributed by atoms with Crippen molar-refractivity contribution in [2.24, 2.45) is 0 Å². The van der Waals surface area contributed by atoms with Gasteiger partial charge >= 0.3 is 0 Å². The van der Waals surface area contributed by atoms with Crippen molar-refractivity contribution in [1.29, 1.82) is 0 Å². The van der Waals surface area contributed by atoms with E-state index in [0.29, 0.717) is 11.5 Å². The largest absolute Gasteiger partial charge is 0.391 e. The van der Waals surface area contributed by atoms with Crippen LogP contribution in [-0.2, 0) is 6.61 Å². The van der Waals surface area contributed by atoms with E-state index < -0.39 is 0 Å². The summed E-state index contributed by atoms with van der Waals surface area (Å²) in [5.41, 5.74) is 4.43. The van der Waals surface area contributed by atoms with Gasteiger partial charge in [0.2, 0.25) is 0 Å². The van der Waals surface area contributed by atoms with Gasteiger partial charge in [0.1, 0.15) is 5.69 Å². The molecule has 118 valence electrons. The molecule has 0 amide bonds. The maximum Gasteiger partial charge on any atom is 0.173 e. The van der Waals surface area contributed by atoms with Gasteiger partial charge in [-0.15, -0.1) is 0 Å². The van der Waals surface area contributed by atoms with Crippen LogP contribution in [0.15, 0.2) is 71.3 Å². The molecule has 0 aliphatic heterocycles. The molecule has 4 aromatic rings. The first-order chi connectivity index (χ1) is 11.8. The molecule has 0 atom stereocenters. The highest BCUT2D eigenvalue weighted by Gasteiger charge is 2.18. The maximum atomic E-state index is 9.89. The molecule has 0 spiro atoms. The fraction of sp³-hybridized carbons (Fsp3) is 0.0952. The first-order valence-electron chi connectivity index (χ1n) is 7.92. The zero-order chi connectivity index (χ0) is 16.5. The lowest BCUT2D eigenvalue weighted by atomic mass is 10.00. The van der Waals surface area contributed by atoms with Gasteiger partial charge in [0, 0.05) is 11.1 Å². The van der Waals surface area contributed by atoms with Crippen LogP contribution in [0.25, 0.3) is 33.4 Å². The van der Waals surface area contributed by atoms with E-state index in [1.165, 1.54) is 5.39 Å². The van der Waals surface area contributed by atoms with E-state index in [2.05, 4.69) is 29.4 Å². The number of benzene rings is 3. The summed E-state index contributed by atoms with van der Waals surface area (Å²) in [6, 6.07) is 22.3. The summed E-state index contributed by atoms with van der Waals surface area (Å²) in [5, 5.41) is 16.4. The lowest BCUT2D eigenvalue weighted by molar-refractivity contribution is 0.281. The second kappa shape index (κ2) is 5.95. The van der Waals surface area contributed by atoms with E-state index in [-0.39, 0.29) is 6.61 Å². The number of fused-ring (bicyclic) bond motifs is 1. The molecule has 0 unspecified atom stereocenters. The van der Waals surface area contributed by atoms with Crippen molar-refractivity contribution in [2.45, 2.75) is 13.5 Å². The van der Waals surface area contributed by atoms with E-state index in [1.807, 2.05) is 49.4 Å². The van der Waals surface area contributed by atoms with Crippen LogP contribution in [0.3, 0.4) is 0 Å². The molecule has 3 heteroatoms. The predicted molar refractivity (Wildman–Crippen MR) is 95.5 cm³/mol. The molecule has 0 saturated heterocycles. The van der Waals surface area contributed by atoms with Crippen molar-refractivity contribution >= 4 is 10.8 Å². The number of aromatic nitrogens is 1. The van der Waals surface area contributed by atoms with Gasteiger partial charge in [-0.2, -0.15) is 0 Å². The Bertz CT molecular complexity index is 1020. The monoisotopic (exact) mass is 315 g/mol. The van der Waals surface area contributed by atoms with Crippen LogP contribution in [-0.4, -0.2) is 10.3 Å². The number of aliphatic hydroxyl groups is 1. The third-order valence-corrected chi connectivity index (χ3v) is 4.25. The SMILES string of the molecule is Cc1cccc(-c2onc(-c3ccc4ccccc4c3)c2CO)c1. The molecule has 0 radical (unpaired) electrons. The topological polar surface area (TPSA) is 46.3 Å². The van der Waals surface area contributed by atoms with Crippen molar-refractivity contribution in [3.8, 4) is 22.6 Å². The molecule has 0 aliphatic rings. The molecule has 0 bridgehead atoms. The first-order valence-corrected chi connectivity index (χ1v) is 7.92. The normalized spacial score (nSPS) is 11.1. The van der Waals surface area contributed by atoms with Crippen molar-refractivity contribution in [2.75, 3.05) is 0 Å². The van der Waals surface area contributed by atoms with Gasteiger partial charge in [0.25, 0.3) is 0 Å². The van der Waals surface area contributed by atoms with Crippen LogP contribution < -0.4 is 0 Å². The Morgan fingerprint density at radius 2 is 1.71 bits per heavy atom. The highest BCUT2D eigenvalue weighted by Crippen LogP contribution is 2.33. The lowest BCUT2D eigenvalue weighted by Gasteiger charge is -2.04. The van der Waals surface area contributed by atoms with Gasteiger partial charge in [-0.05, 0) is 29.8 Å². The van der Waals surface area contributed by atoms with Crippen molar-refractivity contribution in [3.05, 3.63) is 77.9 Å². The number of hydrogen-bond donors (Lipinski definition) is 1. The third kappa shape index (κ3) is 2.49. The van der Waals surface area contributed by atoms with Crippen LogP contribution in [0.5, 0.6) is 0 Å². The van der Waals surface area contributed by atoms with E-state index in [0.717, 1.165) is 27.6 Å². The minimum Gasteiger partial charge on any atom is -0.391 e. The minimum atomic E-state index is -0.116. The molecular weight excluding hydrogens is 298 g/mol. The quantitative estimate of drug-likeness (QED) is 0.581. The van der Waals surface area contributed by atoms with Gasteiger partial charge in [0.15, 0.2) is 5.76 Å². The first kappa shape index (κ1) is 14.7. The Hall–Kier alpha value is -2.91. The van der Waals surface area contributed by atoms with Gasteiger partial charge in [-0.3, -0.25) is 0 Å². The average molecular weight is 315 g/mol. The zero-order valence-corrected chi connectivity index (χ0v) is 13.4. The van der Waals surface area contributed by atoms with Crippen LogP contribution in [0, 0.1) is 6.92 Å². The Kier molecular flexibility index (Phi) is 3.63. The number of aliphatic hydroxyl groups excluding tert-OH is 1. The lowest BCUT2D eigenvalue weighted by Crippen LogP contribution is -1.89. The predicted octanol–water partition coefficient (Wildman–Crippen LogP) is 4.96. The van der Waals surface area contributed by atoms with Gasteiger partial charge < -0.3 is 9.63 Å². The van der Waals surface area contributed by atoms with E-state index in [9.17, 15) is 5.11 Å². The second-order valence-corrected chi connectivity index (χ2v) is 5.93. The summed E-state index contributed by atoms with van der Waals surface area (Å²) < 4.78 is 5.58. The molecule has 0 fully saturated rings. The number of nitrogens with zero attached hydrogens (tertiary/aromatic N) is 1. The van der Waals surface area contributed by atoms with Crippen molar-refractivity contribution < 1.29 is 9.63 Å². The van der Waals surface area contributed by atoms with Gasteiger partial charge in [-0.1, -0.05) is 65.3 Å². The number of rotatable bonds is 3. The van der Waals surface area contributed by atoms with Crippen LogP contribution >= 0.6 is 0 Å². The van der Waals surface area contributed by atoms with Gasteiger partial charge in [-0.25, -0.2) is 0 Å². The fourth-order valence-corrected chi connectivity index (χ4v) is 3.03. The molecular formula is C21H17NO2. The zero-order valence-electron chi connectivity index (χ0n) is 13.4. The molecule has 1 heterocycles. The smallest absolute Gasteiger partial charge is 0.173 e. The number of aryl methyl sites for hydroxylation is 1. The maximum absolute atomic E-state index is 9.89. The Morgan fingerprint density at radius 1 is 0.875 bits per heavy atom. The third-order valence-electron chi connectivity index (χ3n) is 4.25. The summed E-state index contributed by atoms with van der Waals surface area (Å²) in [5.74, 6) is 0.629. The summed E-state index contributed by atoms with van der Waals surface area (Å²) >= 11 is 0. The van der Waals surface area contributed by atoms with Crippen LogP contribution in [0.4, 0.5) is 0 Å². The molecule has 0 aliphatic carbocycles. The summed E-state index contributed by atoms with van der Waals surface area (Å²) in [6.45, 7) is 1.91. The van der Waals surface area contributed by atoms with Crippen molar-refractivity contribution in [1.82, 2.24) is 5.16 Å². The Morgan fingerprint density at radius 3 is 2.50 bits per heavy atom. The molecule has 0 saturated carbocycles. The molecule has 3 nitrogen and oxygen atoms in total. The molecule has 3 aromatic carbocycles. The summed E-state index contributed by atoms with van der Waals surface area (Å²) in [7, 11) is 0. The highest BCUT2D eigenvalue weighted by molar-refractivity contribution is 5.87. The van der Waals surface area contributed by atoms with E-state index >= 15 is 0 Å². The van der Waals surface area contributed by atoms with E-state index in [1.54, 1.807) is 0 Å². The fourth-order valence-electron chi connectivity index (χ4n) is 3.03.